The van der Waals surface area contributed by atoms with Gasteiger partial charge in [0.15, 0.2) is 5.76 Å². The highest BCUT2D eigenvalue weighted by atomic mass is 35.5. The maximum Gasteiger partial charge on any atom is 0.164 e. The monoisotopic (exact) mass is 251 g/mol. The van der Waals surface area contributed by atoms with E-state index in [9.17, 15) is 0 Å². The molecule has 0 saturated heterocycles. The van der Waals surface area contributed by atoms with Crippen molar-refractivity contribution in [1.82, 2.24) is 5.16 Å². The lowest BCUT2D eigenvalue weighted by Crippen LogP contribution is -2.13. The van der Waals surface area contributed by atoms with Crippen molar-refractivity contribution in [3.8, 4) is 0 Å². The van der Waals surface area contributed by atoms with Gasteiger partial charge in [0.05, 0.1) is 11.9 Å². The minimum absolute atomic E-state index is 0.575. The topological polar surface area (TPSA) is 64.1 Å². The summed E-state index contributed by atoms with van der Waals surface area (Å²) >= 11 is 5.83. The van der Waals surface area contributed by atoms with Crippen LogP contribution in [0.3, 0.4) is 0 Å². The first kappa shape index (κ1) is 12.0. The van der Waals surface area contributed by atoms with E-state index in [0.717, 1.165) is 22.0 Å². The zero-order valence-electron chi connectivity index (χ0n) is 9.32. The van der Waals surface area contributed by atoms with Crippen LogP contribution in [-0.2, 0) is 6.42 Å². The molecule has 2 rings (SSSR count). The molecule has 1 heterocycles. The molecular weight excluding hydrogens is 238 g/mol. The van der Waals surface area contributed by atoms with E-state index in [1.165, 1.54) is 0 Å². The van der Waals surface area contributed by atoms with Crippen molar-refractivity contribution in [3.05, 3.63) is 46.8 Å². The van der Waals surface area contributed by atoms with E-state index in [-0.39, 0.29) is 0 Å². The first-order valence-corrected chi connectivity index (χ1v) is 5.79. The molecule has 0 aliphatic carbocycles. The van der Waals surface area contributed by atoms with Crippen molar-refractivity contribution in [3.63, 3.8) is 0 Å². The normalized spacial score (nSPS) is 10.5. The molecule has 5 heteroatoms. The second-order valence-corrected chi connectivity index (χ2v) is 4.12. The van der Waals surface area contributed by atoms with Crippen LogP contribution < -0.4 is 11.1 Å². The third-order valence-corrected chi connectivity index (χ3v) is 2.63. The minimum atomic E-state index is 0.575. The first-order chi connectivity index (χ1) is 8.29. The van der Waals surface area contributed by atoms with Crippen molar-refractivity contribution in [2.75, 3.05) is 18.4 Å². The highest BCUT2D eigenvalue weighted by Gasteiger charge is 2.08. The van der Waals surface area contributed by atoms with Gasteiger partial charge in [-0.05, 0) is 17.7 Å². The van der Waals surface area contributed by atoms with Crippen molar-refractivity contribution in [1.29, 1.82) is 0 Å². The number of rotatable bonds is 5. The highest BCUT2D eigenvalue weighted by Crippen LogP contribution is 2.19. The second kappa shape index (κ2) is 5.70. The molecular formula is C12H14ClN3O. The van der Waals surface area contributed by atoms with Gasteiger partial charge in [0, 0.05) is 24.5 Å². The SMILES string of the molecule is NCCNc1cnoc1Cc1ccc(Cl)cc1. The molecule has 0 fully saturated rings. The number of aromatic nitrogens is 1. The van der Waals surface area contributed by atoms with E-state index >= 15 is 0 Å². The second-order valence-electron chi connectivity index (χ2n) is 3.68. The predicted octanol–water partition coefficient (Wildman–Crippen LogP) is 2.29. The van der Waals surface area contributed by atoms with E-state index < -0.39 is 0 Å². The van der Waals surface area contributed by atoms with Gasteiger partial charge in [-0.3, -0.25) is 0 Å². The van der Waals surface area contributed by atoms with Crippen LogP contribution in [0.15, 0.2) is 35.0 Å². The van der Waals surface area contributed by atoms with Gasteiger partial charge in [0.2, 0.25) is 0 Å². The number of nitrogens with two attached hydrogens (primary N) is 1. The van der Waals surface area contributed by atoms with Gasteiger partial charge in [-0.1, -0.05) is 28.9 Å². The van der Waals surface area contributed by atoms with Crippen LogP contribution in [0.4, 0.5) is 5.69 Å². The first-order valence-electron chi connectivity index (χ1n) is 5.41. The summed E-state index contributed by atoms with van der Waals surface area (Å²) in [4.78, 5) is 0. The molecule has 0 aliphatic rings. The van der Waals surface area contributed by atoms with Gasteiger partial charge in [-0.25, -0.2) is 0 Å². The average Bonchev–Trinajstić information content (AvgIpc) is 2.77. The summed E-state index contributed by atoms with van der Waals surface area (Å²) in [5.41, 5.74) is 7.46. The van der Waals surface area contributed by atoms with Crippen LogP contribution in [0.2, 0.25) is 5.02 Å². The molecule has 2 aromatic rings. The number of nitrogens with one attached hydrogen (secondary N) is 1. The summed E-state index contributed by atoms with van der Waals surface area (Å²) in [7, 11) is 0. The van der Waals surface area contributed by atoms with E-state index in [1.54, 1.807) is 6.20 Å². The van der Waals surface area contributed by atoms with Crippen LogP contribution in [0.1, 0.15) is 11.3 Å². The minimum Gasteiger partial charge on any atom is -0.380 e. The van der Waals surface area contributed by atoms with Crippen LogP contribution in [0, 0.1) is 0 Å². The fourth-order valence-corrected chi connectivity index (χ4v) is 1.66. The van der Waals surface area contributed by atoms with Gasteiger partial charge >= 0.3 is 0 Å². The molecule has 1 aromatic carbocycles. The van der Waals surface area contributed by atoms with Crippen molar-refractivity contribution < 1.29 is 4.52 Å². The molecule has 90 valence electrons. The largest absolute Gasteiger partial charge is 0.380 e. The zero-order chi connectivity index (χ0) is 12.1. The number of nitrogens with zero attached hydrogens (tertiary/aromatic N) is 1. The number of benzene rings is 1. The lowest BCUT2D eigenvalue weighted by Gasteiger charge is -2.03. The van der Waals surface area contributed by atoms with E-state index in [2.05, 4.69) is 10.5 Å². The van der Waals surface area contributed by atoms with Crippen LogP contribution in [-0.4, -0.2) is 18.2 Å². The Kier molecular flexibility index (Phi) is 4.01. The third-order valence-electron chi connectivity index (χ3n) is 2.38. The Morgan fingerprint density at radius 1 is 1.29 bits per heavy atom. The fourth-order valence-electron chi connectivity index (χ4n) is 1.53. The lowest BCUT2D eigenvalue weighted by molar-refractivity contribution is 0.390. The summed E-state index contributed by atoms with van der Waals surface area (Å²) in [5.74, 6) is 0.806. The number of hydrogen-bond acceptors (Lipinski definition) is 4. The number of hydrogen-bond donors (Lipinski definition) is 2. The van der Waals surface area contributed by atoms with Gasteiger partial charge in [-0.15, -0.1) is 0 Å². The molecule has 1 aromatic heterocycles. The standard InChI is InChI=1S/C12H14ClN3O/c13-10-3-1-9(2-4-10)7-12-11(8-16-17-12)15-6-5-14/h1-4,8,15H,5-7,14H2. The van der Waals surface area contributed by atoms with Crippen molar-refractivity contribution >= 4 is 17.3 Å². The summed E-state index contributed by atoms with van der Waals surface area (Å²) in [6.07, 6.45) is 2.35. The number of halogens is 1. The molecule has 0 atom stereocenters. The Morgan fingerprint density at radius 2 is 2.06 bits per heavy atom. The molecule has 0 spiro atoms. The molecule has 0 amide bonds. The Bertz CT molecular complexity index is 467. The summed E-state index contributed by atoms with van der Waals surface area (Å²) in [6, 6.07) is 7.66. The zero-order valence-corrected chi connectivity index (χ0v) is 10.1. The molecule has 0 saturated carbocycles. The predicted molar refractivity (Wildman–Crippen MR) is 68.3 cm³/mol. The van der Waals surface area contributed by atoms with Gasteiger partial charge < -0.3 is 15.6 Å². The highest BCUT2D eigenvalue weighted by molar-refractivity contribution is 6.30. The van der Waals surface area contributed by atoms with Crippen LogP contribution in [0.5, 0.6) is 0 Å². The molecule has 4 nitrogen and oxygen atoms in total. The Hall–Kier alpha value is -1.52. The van der Waals surface area contributed by atoms with Crippen molar-refractivity contribution in [2.24, 2.45) is 5.73 Å². The molecule has 0 aliphatic heterocycles. The van der Waals surface area contributed by atoms with E-state index in [0.29, 0.717) is 19.5 Å². The van der Waals surface area contributed by atoms with E-state index in [4.69, 9.17) is 21.9 Å². The van der Waals surface area contributed by atoms with Gasteiger partial charge in [0.1, 0.15) is 0 Å². The van der Waals surface area contributed by atoms with Crippen molar-refractivity contribution in [2.45, 2.75) is 6.42 Å². The maximum atomic E-state index is 5.83. The van der Waals surface area contributed by atoms with E-state index in [1.807, 2.05) is 24.3 Å². The smallest absolute Gasteiger partial charge is 0.164 e. The molecule has 3 N–H and O–H groups in total. The average molecular weight is 252 g/mol. The quantitative estimate of drug-likeness (QED) is 0.856. The van der Waals surface area contributed by atoms with Gasteiger partial charge in [-0.2, -0.15) is 0 Å². The fraction of sp³-hybridized carbons (Fsp3) is 0.250. The third kappa shape index (κ3) is 3.22. The Labute approximate surface area is 105 Å². The summed E-state index contributed by atoms with van der Waals surface area (Å²) < 4.78 is 5.21. The Balaban J connectivity index is 2.07. The lowest BCUT2D eigenvalue weighted by atomic mass is 10.1. The number of anilines is 1. The maximum absolute atomic E-state index is 5.83. The van der Waals surface area contributed by atoms with Crippen LogP contribution in [0.25, 0.3) is 0 Å². The molecule has 0 radical (unpaired) electrons. The summed E-state index contributed by atoms with van der Waals surface area (Å²) in [6.45, 7) is 1.28. The van der Waals surface area contributed by atoms with Gasteiger partial charge in [0.25, 0.3) is 0 Å². The molecule has 0 unspecified atom stereocenters. The van der Waals surface area contributed by atoms with Crippen LogP contribution >= 0.6 is 11.6 Å². The summed E-state index contributed by atoms with van der Waals surface area (Å²) in [5, 5.41) is 7.68. The molecule has 17 heavy (non-hydrogen) atoms. The Morgan fingerprint density at radius 3 is 2.76 bits per heavy atom. The molecule has 0 bridgehead atoms.